The molecular weight excluding hydrogens is 446 g/mol. The van der Waals surface area contributed by atoms with Crippen LogP contribution in [0, 0.1) is 0 Å². The number of esters is 1. The Balaban J connectivity index is 1.32. The van der Waals surface area contributed by atoms with Crippen LogP contribution < -0.4 is 5.32 Å². The summed E-state index contributed by atoms with van der Waals surface area (Å²) in [6, 6.07) is 16.5. The Morgan fingerprint density at radius 1 is 0.970 bits per heavy atom. The van der Waals surface area contributed by atoms with Crippen molar-refractivity contribution in [1.29, 1.82) is 0 Å². The normalized spacial score (nSPS) is 14.5. The molecule has 4 rings (SSSR count). The fourth-order valence-electron chi connectivity index (χ4n) is 3.36. The number of aromatic nitrogens is 1. The zero-order valence-corrected chi connectivity index (χ0v) is 18.5. The van der Waals surface area contributed by atoms with E-state index in [1.165, 1.54) is 28.6 Å². The first-order chi connectivity index (χ1) is 15.9. The predicted octanol–water partition coefficient (Wildman–Crippen LogP) is 2.29. The second kappa shape index (κ2) is 9.99. The van der Waals surface area contributed by atoms with E-state index >= 15 is 0 Å². The van der Waals surface area contributed by atoms with Crippen LogP contribution in [0.1, 0.15) is 10.4 Å². The highest BCUT2D eigenvalue weighted by atomic mass is 32.2. The number of carbonyl (C=O) groups is 2. The number of anilines is 1. The molecule has 3 aromatic rings. The van der Waals surface area contributed by atoms with Gasteiger partial charge in [-0.25, -0.2) is 13.2 Å². The molecule has 2 heterocycles. The minimum atomic E-state index is -3.61. The topological polar surface area (TPSA) is 107 Å². The minimum Gasteiger partial charge on any atom is -0.452 e. The number of carbonyl (C=O) groups excluding carboxylic acids is 2. The van der Waals surface area contributed by atoms with Crippen molar-refractivity contribution in [2.75, 3.05) is 38.2 Å². The van der Waals surface area contributed by atoms with Gasteiger partial charge < -0.3 is 19.4 Å². The second-order valence-electron chi connectivity index (χ2n) is 7.31. The number of hydrogen-bond donors (Lipinski definition) is 1. The Labute approximate surface area is 191 Å². The van der Waals surface area contributed by atoms with Gasteiger partial charge in [0.05, 0.1) is 23.7 Å². The third kappa shape index (κ3) is 5.48. The second-order valence-corrected chi connectivity index (χ2v) is 9.24. The third-order valence-electron chi connectivity index (χ3n) is 5.06. The van der Waals surface area contributed by atoms with Gasteiger partial charge in [-0.05, 0) is 54.6 Å². The lowest BCUT2D eigenvalue weighted by Gasteiger charge is -2.26. The minimum absolute atomic E-state index is 0.136. The average Bonchev–Trinajstić information content (AvgIpc) is 3.39. The molecule has 0 atom stereocenters. The van der Waals surface area contributed by atoms with Crippen molar-refractivity contribution < 1.29 is 27.5 Å². The number of sulfonamides is 1. The van der Waals surface area contributed by atoms with E-state index in [0.29, 0.717) is 37.6 Å². The first kappa shape index (κ1) is 22.7. The molecule has 0 saturated carbocycles. The molecule has 1 aromatic heterocycles. The molecular formula is C23H23N3O6S. The maximum absolute atomic E-state index is 12.7. The summed E-state index contributed by atoms with van der Waals surface area (Å²) in [7, 11) is -3.61. The Morgan fingerprint density at radius 3 is 2.36 bits per heavy atom. The Morgan fingerprint density at radius 2 is 1.67 bits per heavy atom. The average molecular weight is 470 g/mol. The highest BCUT2D eigenvalue weighted by molar-refractivity contribution is 7.89. The molecule has 1 amide bonds. The van der Waals surface area contributed by atoms with Crippen LogP contribution in [0.3, 0.4) is 0 Å². The van der Waals surface area contributed by atoms with Gasteiger partial charge in [0.1, 0.15) is 0 Å². The van der Waals surface area contributed by atoms with Crippen LogP contribution in [0.4, 0.5) is 5.69 Å². The Kier molecular flexibility index (Phi) is 6.87. The molecule has 1 saturated heterocycles. The Bertz CT molecular complexity index is 1220. The van der Waals surface area contributed by atoms with Crippen LogP contribution in [0.2, 0.25) is 0 Å². The molecule has 0 unspecified atom stereocenters. The van der Waals surface area contributed by atoms with Crippen LogP contribution in [0.5, 0.6) is 0 Å². The van der Waals surface area contributed by atoms with Gasteiger partial charge >= 0.3 is 5.97 Å². The van der Waals surface area contributed by atoms with Crippen molar-refractivity contribution in [2.45, 2.75) is 4.90 Å². The first-order valence-electron chi connectivity index (χ1n) is 10.3. The first-order valence-corrected chi connectivity index (χ1v) is 11.8. The summed E-state index contributed by atoms with van der Waals surface area (Å²) in [6.45, 7) is 0.868. The molecule has 10 heteroatoms. The summed E-state index contributed by atoms with van der Waals surface area (Å²) in [5.74, 6) is -1.15. The summed E-state index contributed by atoms with van der Waals surface area (Å²) in [5.41, 5.74) is 1.52. The van der Waals surface area contributed by atoms with Crippen molar-refractivity contribution in [2.24, 2.45) is 0 Å². The van der Waals surface area contributed by atoms with Crippen molar-refractivity contribution in [1.82, 2.24) is 8.87 Å². The molecule has 1 aliphatic heterocycles. The number of nitrogens with zero attached hydrogens (tertiary/aromatic N) is 2. The van der Waals surface area contributed by atoms with Crippen LogP contribution in [0.25, 0.3) is 5.69 Å². The molecule has 0 spiro atoms. The lowest BCUT2D eigenvalue weighted by molar-refractivity contribution is -0.119. The van der Waals surface area contributed by atoms with Gasteiger partial charge in [-0.15, -0.1) is 0 Å². The van der Waals surface area contributed by atoms with E-state index in [1.54, 1.807) is 18.2 Å². The van der Waals surface area contributed by atoms with E-state index in [4.69, 9.17) is 9.47 Å². The van der Waals surface area contributed by atoms with Crippen molar-refractivity contribution in [3.05, 3.63) is 78.6 Å². The number of morpholine rings is 1. The van der Waals surface area contributed by atoms with Crippen LogP contribution in [0.15, 0.2) is 78.0 Å². The summed E-state index contributed by atoms with van der Waals surface area (Å²) in [4.78, 5) is 24.7. The number of hydrogen-bond acceptors (Lipinski definition) is 6. The summed E-state index contributed by atoms with van der Waals surface area (Å²) >= 11 is 0. The number of benzene rings is 2. The van der Waals surface area contributed by atoms with Crippen molar-refractivity contribution >= 4 is 27.6 Å². The summed E-state index contributed by atoms with van der Waals surface area (Å²) < 4.78 is 38.8. The largest absolute Gasteiger partial charge is 0.452 e. The van der Waals surface area contributed by atoms with Crippen molar-refractivity contribution in [3.63, 3.8) is 0 Å². The zero-order chi connectivity index (χ0) is 23.3. The lowest BCUT2D eigenvalue weighted by Crippen LogP contribution is -2.40. The fourth-order valence-corrected chi connectivity index (χ4v) is 4.77. The smallest absolute Gasteiger partial charge is 0.338 e. The SMILES string of the molecule is O=C(COC(=O)c1cccc(-n2cccc2)c1)Nc1ccc(S(=O)(=O)N2CCOCC2)cc1. The molecule has 1 N–H and O–H groups in total. The highest BCUT2D eigenvalue weighted by Gasteiger charge is 2.26. The highest BCUT2D eigenvalue weighted by Crippen LogP contribution is 2.19. The van der Waals surface area contributed by atoms with E-state index in [-0.39, 0.29) is 4.90 Å². The van der Waals surface area contributed by atoms with Crippen molar-refractivity contribution in [3.8, 4) is 5.69 Å². The lowest BCUT2D eigenvalue weighted by atomic mass is 10.2. The van der Waals surface area contributed by atoms with E-state index in [0.717, 1.165) is 5.69 Å². The monoisotopic (exact) mass is 469 g/mol. The third-order valence-corrected chi connectivity index (χ3v) is 6.98. The molecule has 2 aromatic carbocycles. The van der Waals surface area contributed by atoms with E-state index < -0.39 is 28.5 Å². The zero-order valence-electron chi connectivity index (χ0n) is 17.7. The van der Waals surface area contributed by atoms with Gasteiger partial charge in [-0.3, -0.25) is 4.79 Å². The van der Waals surface area contributed by atoms with E-state index in [9.17, 15) is 18.0 Å². The van der Waals surface area contributed by atoms with E-state index in [2.05, 4.69) is 5.32 Å². The maximum Gasteiger partial charge on any atom is 0.338 e. The molecule has 0 bridgehead atoms. The summed E-state index contributed by atoms with van der Waals surface area (Å²) in [6.07, 6.45) is 3.71. The summed E-state index contributed by atoms with van der Waals surface area (Å²) in [5, 5.41) is 2.59. The molecule has 0 radical (unpaired) electrons. The van der Waals surface area contributed by atoms with Gasteiger partial charge in [0.15, 0.2) is 6.61 Å². The number of nitrogens with one attached hydrogen (secondary N) is 1. The number of rotatable bonds is 7. The van der Waals surface area contributed by atoms with Gasteiger partial charge in [-0.1, -0.05) is 6.07 Å². The van der Waals surface area contributed by atoms with Crippen LogP contribution in [-0.2, 0) is 24.3 Å². The van der Waals surface area contributed by atoms with Gasteiger partial charge in [0.25, 0.3) is 5.91 Å². The van der Waals surface area contributed by atoms with Gasteiger partial charge in [-0.2, -0.15) is 4.31 Å². The molecule has 9 nitrogen and oxygen atoms in total. The molecule has 1 fully saturated rings. The molecule has 172 valence electrons. The van der Waals surface area contributed by atoms with Crippen LogP contribution in [-0.4, -0.2) is 62.1 Å². The van der Waals surface area contributed by atoms with Gasteiger partial charge in [0.2, 0.25) is 10.0 Å². The number of amides is 1. The number of ether oxygens (including phenoxy) is 2. The molecule has 1 aliphatic rings. The fraction of sp³-hybridized carbons (Fsp3) is 0.217. The molecule has 33 heavy (non-hydrogen) atoms. The standard InChI is InChI=1S/C23H23N3O6S/c27-22(17-32-23(28)18-4-3-5-20(16-18)25-10-1-2-11-25)24-19-6-8-21(9-7-19)33(29,30)26-12-14-31-15-13-26/h1-11,16H,12-15,17H2,(H,24,27). The predicted molar refractivity (Wildman–Crippen MR) is 121 cm³/mol. The van der Waals surface area contributed by atoms with Gasteiger partial charge in [0, 0.05) is 36.9 Å². The van der Waals surface area contributed by atoms with Crippen LogP contribution >= 0.6 is 0 Å². The quantitative estimate of drug-likeness (QED) is 0.532. The molecule has 0 aliphatic carbocycles. The Hall–Kier alpha value is -3.47. The maximum atomic E-state index is 12.7. The van der Waals surface area contributed by atoms with E-state index in [1.807, 2.05) is 35.2 Å².